The second-order valence-corrected chi connectivity index (χ2v) is 7.75. The van der Waals surface area contributed by atoms with Gasteiger partial charge in [-0.2, -0.15) is 0 Å². The van der Waals surface area contributed by atoms with Gasteiger partial charge in [-0.3, -0.25) is 9.69 Å². The summed E-state index contributed by atoms with van der Waals surface area (Å²) in [5.74, 6) is 0.165. The van der Waals surface area contributed by atoms with E-state index in [-0.39, 0.29) is 5.78 Å². The van der Waals surface area contributed by atoms with Crippen LogP contribution in [0, 0.1) is 6.92 Å². The van der Waals surface area contributed by atoms with E-state index in [1.165, 1.54) is 19.3 Å². The third-order valence-corrected chi connectivity index (χ3v) is 5.66. The summed E-state index contributed by atoms with van der Waals surface area (Å²) in [5.41, 5.74) is 10.4. The van der Waals surface area contributed by atoms with Crippen LogP contribution in [-0.2, 0) is 0 Å². The molecule has 5 heteroatoms. The largest absolute Gasteiger partial charge is 0.399 e. The lowest BCUT2D eigenvalue weighted by Crippen LogP contribution is -2.34. The van der Waals surface area contributed by atoms with Crippen LogP contribution < -0.4 is 5.73 Å². The maximum atomic E-state index is 13.2. The van der Waals surface area contributed by atoms with Gasteiger partial charge < -0.3 is 10.3 Å². The lowest BCUT2D eigenvalue weighted by molar-refractivity contribution is 0.0916. The van der Waals surface area contributed by atoms with E-state index in [1.54, 1.807) is 0 Å². The fraction of sp³-hybridized carbons (Fsp3) is 0.318. The van der Waals surface area contributed by atoms with Gasteiger partial charge in [0.1, 0.15) is 0 Å². The summed E-state index contributed by atoms with van der Waals surface area (Å²) >= 11 is 6.06. The van der Waals surface area contributed by atoms with Crippen molar-refractivity contribution in [3.63, 3.8) is 0 Å². The lowest BCUT2D eigenvalue weighted by Gasteiger charge is -2.25. The molecule has 4 nitrogen and oxygen atoms in total. The molecule has 2 N–H and O–H groups in total. The first-order valence-electron chi connectivity index (χ1n) is 9.46. The zero-order chi connectivity index (χ0) is 19.0. The molecule has 0 spiro atoms. The first-order valence-corrected chi connectivity index (χ1v) is 9.84. The number of likely N-dealkylation sites (tertiary alicyclic amines) is 1. The monoisotopic (exact) mass is 381 g/mol. The highest BCUT2D eigenvalue weighted by Gasteiger charge is 2.23. The summed E-state index contributed by atoms with van der Waals surface area (Å²) in [4.78, 5) is 15.5. The number of hydrogen-bond acceptors (Lipinski definition) is 3. The van der Waals surface area contributed by atoms with Gasteiger partial charge in [0.05, 0.1) is 12.1 Å². The van der Waals surface area contributed by atoms with Crippen molar-refractivity contribution in [2.24, 2.45) is 0 Å². The number of aromatic nitrogens is 1. The zero-order valence-corrected chi connectivity index (χ0v) is 16.3. The summed E-state index contributed by atoms with van der Waals surface area (Å²) in [7, 11) is 0. The quantitative estimate of drug-likeness (QED) is 0.519. The molecule has 0 radical (unpaired) electrons. The van der Waals surface area contributed by atoms with E-state index < -0.39 is 0 Å². The minimum atomic E-state index is 0.165. The van der Waals surface area contributed by atoms with E-state index in [1.807, 2.05) is 49.4 Å². The second kappa shape index (κ2) is 7.37. The van der Waals surface area contributed by atoms with Crippen LogP contribution in [0.25, 0.3) is 16.6 Å². The van der Waals surface area contributed by atoms with Crippen molar-refractivity contribution in [3.8, 4) is 5.69 Å². The molecule has 1 aliphatic heterocycles. The molecule has 0 unspecified atom stereocenters. The number of hydrogen-bond donors (Lipinski definition) is 1. The molecular weight excluding hydrogens is 358 g/mol. The van der Waals surface area contributed by atoms with Gasteiger partial charge in [0.15, 0.2) is 5.78 Å². The van der Waals surface area contributed by atoms with Crippen molar-refractivity contribution in [1.82, 2.24) is 9.47 Å². The highest BCUT2D eigenvalue weighted by molar-refractivity contribution is 6.30. The molecule has 27 heavy (non-hydrogen) atoms. The number of nitrogens with two attached hydrogens (primary N) is 1. The van der Waals surface area contributed by atoms with E-state index in [0.29, 0.717) is 17.3 Å². The van der Waals surface area contributed by atoms with Gasteiger partial charge in [0.2, 0.25) is 0 Å². The Bertz CT molecular complexity index is 985. The SMILES string of the molecule is Cc1c(C(=O)CN2CCCCC2)c2cc(N)ccc2n1-c1ccc(Cl)cc1. The van der Waals surface area contributed by atoms with Crippen molar-refractivity contribution >= 4 is 34.0 Å². The Labute approximate surface area is 164 Å². The number of nitrogen functional groups attached to an aromatic ring is 1. The molecule has 0 atom stereocenters. The number of benzene rings is 2. The average molecular weight is 382 g/mol. The van der Waals surface area contributed by atoms with Crippen LogP contribution in [0.4, 0.5) is 5.69 Å². The Hall–Kier alpha value is -2.30. The highest BCUT2D eigenvalue weighted by Crippen LogP contribution is 2.31. The van der Waals surface area contributed by atoms with Crippen molar-refractivity contribution in [2.75, 3.05) is 25.4 Å². The molecule has 0 saturated carbocycles. The maximum absolute atomic E-state index is 13.2. The number of fused-ring (bicyclic) bond motifs is 1. The number of Topliss-reactive ketones (excluding diaryl/α,β-unsaturated/α-hetero) is 1. The minimum absolute atomic E-state index is 0.165. The molecule has 0 aliphatic carbocycles. The zero-order valence-electron chi connectivity index (χ0n) is 15.5. The van der Waals surface area contributed by atoms with Gasteiger partial charge in [-0.25, -0.2) is 0 Å². The van der Waals surface area contributed by atoms with Crippen molar-refractivity contribution in [2.45, 2.75) is 26.2 Å². The Balaban J connectivity index is 1.82. The van der Waals surface area contributed by atoms with E-state index in [9.17, 15) is 4.79 Å². The number of carbonyl (C=O) groups excluding carboxylic acids is 1. The minimum Gasteiger partial charge on any atom is -0.399 e. The Morgan fingerprint density at radius 1 is 1.07 bits per heavy atom. The molecule has 1 aliphatic rings. The molecule has 2 aromatic carbocycles. The number of halogens is 1. The lowest BCUT2D eigenvalue weighted by atomic mass is 10.0. The fourth-order valence-electron chi connectivity index (χ4n) is 4.11. The van der Waals surface area contributed by atoms with Crippen LogP contribution in [0.1, 0.15) is 35.3 Å². The van der Waals surface area contributed by atoms with Crippen LogP contribution in [0.3, 0.4) is 0 Å². The Morgan fingerprint density at radius 3 is 2.48 bits per heavy atom. The van der Waals surface area contributed by atoms with Crippen molar-refractivity contribution < 1.29 is 4.79 Å². The number of anilines is 1. The number of carbonyl (C=O) groups is 1. The molecule has 0 bridgehead atoms. The third kappa shape index (κ3) is 3.47. The standard InChI is InChI=1S/C22H24ClN3O/c1-15-22(21(27)14-25-11-3-2-4-12-25)19-13-17(24)7-10-20(19)26(15)18-8-5-16(23)6-9-18/h5-10,13H,2-4,11-12,14,24H2,1H3. The van der Waals surface area contributed by atoms with Crippen LogP contribution in [0.15, 0.2) is 42.5 Å². The second-order valence-electron chi connectivity index (χ2n) is 7.31. The molecule has 2 heterocycles. The summed E-state index contributed by atoms with van der Waals surface area (Å²) in [6.45, 7) is 4.48. The molecule has 0 amide bonds. The molecule has 3 aromatic rings. The fourth-order valence-corrected chi connectivity index (χ4v) is 4.24. The molecule has 4 rings (SSSR count). The van der Waals surface area contributed by atoms with Gasteiger partial charge in [0.25, 0.3) is 0 Å². The average Bonchev–Trinajstić information content (AvgIpc) is 2.94. The summed E-state index contributed by atoms with van der Waals surface area (Å²) in [6, 6.07) is 13.5. The van der Waals surface area contributed by atoms with Gasteiger partial charge >= 0.3 is 0 Å². The maximum Gasteiger partial charge on any atom is 0.179 e. The van der Waals surface area contributed by atoms with Gasteiger partial charge in [0, 0.05) is 33.0 Å². The van der Waals surface area contributed by atoms with Gasteiger partial charge in [-0.05, 0) is 75.3 Å². The molecule has 1 saturated heterocycles. The van der Waals surface area contributed by atoms with E-state index in [0.717, 1.165) is 40.9 Å². The third-order valence-electron chi connectivity index (χ3n) is 5.41. The van der Waals surface area contributed by atoms with Crippen LogP contribution in [0.2, 0.25) is 5.02 Å². The molecule has 1 fully saturated rings. The molecular formula is C22H24ClN3O. The number of ketones is 1. The van der Waals surface area contributed by atoms with Crippen molar-refractivity contribution in [1.29, 1.82) is 0 Å². The van der Waals surface area contributed by atoms with Gasteiger partial charge in [-0.15, -0.1) is 0 Å². The smallest absolute Gasteiger partial charge is 0.179 e. The van der Waals surface area contributed by atoms with E-state index in [4.69, 9.17) is 17.3 Å². The Morgan fingerprint density at radius 2 is 1.78 bits per heavy atom. The van der Waals surface area contributed by atoms with E-state index in [2.05, 4.69) is 9.47 Å². The molecule has 1 aromatic heterocycles. The first-order chi connectivity index (χ1) is 13.0. The van der Waals surface area contributed by atoms with Crippen LogP contribution >= 0.6 is 11.6 Å². The topological polar surface area (TPSA) is 51.3 Å². The van der Waals surface area contributed by atoms with Crippen LogP contribution in [-0.4, -0.2) is 34.9 Å². The first kappa shape index (κ1) is 18.1. The number of nitrogens with zero attached hydrogens (tertiary/aromatic N) is 2. The highest BCUT2D eigenvalue weighted by atomic mass is 35.5. The predicted molar refractivity (Wildman–Crippen MR) is 112 cm³/mol. The van der Waals surface area contributed by atoms with E-state index >= 15 is 0 Å². The summed E-state index contributed by atoms with van der Waals surface area (Å²) < 4.78 is 2.12. The van der Waals surface area contributed by atoms with Crippen molar-refractivity contribution in [3.05, 3.63) is 58.7 Å². The molecule has 140 valence electrons. The number of rotatable bonds is 4. The summed E-state index contributed by atoms with van der Waals surface area (Å²) in [5, 5.41) is 1.61. The predicted octanol–water partition coefficient (Wildman–Crippen LogP) is 4.84. The normalized spacial score (nSPS) is 15.3. The van der Waals surface area contributed by atoms with Gasteiger partial charge in [-0.1, -0.05) is 18.0 Å². The van der Waals surface area contributed by atoms with Crippen LogP contribution in [0.5, 0.6) is 0 Å². The number of piperidine rings is 1. The summed E-state index contributed by atoms with van der Waals surface area (Å²) in [6.07, 6.45) is 3.60. The Kier molecular flexibility index (Phi) is 4.94.